The number of amides is 1. The van der Waals surface area contributed by atoms with Gasteiger partial charge in [-0.2, -0.15) is 0 Å². The van der Waals surface area contributed by atoms with E-state index in [9.17, 15) is 13.6 Å². The zero-order valence-corrected chi connectivity index (χ0v) is 13.1. The van der Waals surface area contributed by atoms with Crippen molar-refractivity contribution in [2.24, 2.45) is 11.8 Å². The molecule has 3 rings (SSSR count). The number of hydrogen-bond acceptors (Lipinski definition) is 2. The number of rotatable bonds is 5. The van der Waals surface area contributed by atoms with Crippen molar-refractivity contribution in [1.82, 2.24) is 5.32 Å². The topological polar surface area (TPSA) is 32.3 Å². The number of nitrogens with one attached hydrogen (secondary N) is 1. The Kier molecular flexibility index (Phi) is 4.94. The molecule has 0 bridgehead atoms. The zero-order chi connectivity index (χ0) is 16.2. The first-order chi connectivity index (χ1) is 11.1. The van der Waals surface area contributed by atoms with Gasteiger partial charge in [-0.3, -0.25) is 4.79 Å². The van der Waals surface area contributed by atoms with Crippen LogP contribution in [-0.2, 0) is 4.79 Å². The van der Waals surface area contributed by atoms with Crippen LogP contribution in [0.5, 0.6) is 0 Å². The summed E-state index contributed by atoms with van der Waals surface area (Å²) in [5.74, 6) is -0.794. The normalized spacial score (nSPS) is 23.5. The number of benzene rings is 1. The molecule has 1 amide bonds. The SMILES string of the molecule is O=C(C[C@@H]1C=CCC1)NC[C@H]1CCN(c2ccc(F)c(F)c2)C1. The number of hydrogen-bond donors (Lipinski definition) is 1. The maximum Gasteiger partial charge on any atom is 0.220 e. The summed E-state index contributed by atoms with van der Waals surface area (Å²) in [4.78, 5) is 14.0. The molecule has 2 atom stereocenters. The second-order valence-corrected chi connectivity index (χ2v) is 6.47. The number of halogens is 2. The van der Waals surface area contributed by atoms with E-state index in [2.05, 4.69) is 17.5 Å². The lowest BCUT2D eigenvalue weighted by Crippen LogP contribution is -2.31. The van der Waals surface area contributed by atoms with Crippen molar-refractivity contribution in [2.45, 2.75) is 25.7 Å². The summed E-state index contributed by atoms with van der Waals surface area (Å²) in [6.07, 6.45) is 7.91. The van der Waals surface area contributed by atoms with Crippen molar-refractivity contribution in [2.75, 3.05) is 24.5 Å². The van der Waals surface area contributed by atoms with Gasteiger partial charge in [-0.1, -0.05) is 12.2 Å². The Morgan fingerprint density at radius 2 is 2.13 bits per heavy atom. The van der Waals surface area contributed by atoms with Crippen LogP contribution in [0.3, 0.4) is 0 Å². The van der Waals surface area contributed by atoms with E-state index in [1.807, 2.05) is 4.90 Å². The van der Waals surface area contributed by atoms with E-state index in [-0.39, 0.29) is 5.91 Å². The van der Waals surface area contributed by atoms with Gasteiger partial charge in [0, 0.05) is 37.8 Å². The minimum atomic E-state index is -0.822. The number of allylic oxidation sites excluding steroid dienone is 2. The van der Waals surface area contributed by atoms with Crippen molar-refractivity contribution in [1.29, 1.82) is 0 Å². The number of nitrogens with zero attached hydrogens (tertiary/aromatic N) is 1. The van der Waals surface area contributed by atoms with Crippen LogP contribution in [0.1, 0.15) is 25.7 Å². The van der Waals surface area contributed by atoms with Crippen LogP contribution in [0.4, 0.5) is 14.5 Å². The first-order valence-electron chi connectivity index (χ1n) is 8.25. The minimum Gasteiger partial charge on any atom is -0.371 e. The molecule has 1 aromatic carbocycles. The van der Waals surface area contributed by atoms with Gasteiger partial charge in [0.15, 0.2) is 11.6 Å². The Morgan fingerprint density at radius 3 is 2.87 bits per heavy atom. The van der Waals surface area contributed by atoms with Crippen LogP contribution in [0.15, 0.2) is 30.4 Å². The van der Waals surface area contributed by atoms with E-state index in [1.54, 1.807) is 6.07 Å². The van der Waals surface area contributed by atoms with Gasteiger partial charge >= 0.3 is 0 Å². The monoisotopic (exact) mass is 320 g/mol. The van der Waals surface area contributed by atoms with E-state index < -0.39 is 11.6 Å². The molecule has 0 unspecified atom stereocenters. The Bertz CT molecular complexity index is 603. The summed E-state index contributed by atoms with van der Waals surface area (Å²) in [5.41, 5.74) is 0.703. The summed E-state index contributed by atoms with van der Waals surface area (Å²) in [5, 5.41) is 3.01. The van der Waals surface area contributed by atoms with E-state index >= 15 is 0 Å². The van der Waals surface area contributed by atoms with Gasteiger partial charge in [-0.15, -0.1) is 0 Å². The predicted octanol–water partition coefficient (Wildman–Crippen LogP) is 3.26. The molecule has 1 saturated heterocycles. The molecule has 124 valence electrons. The van der Waals surface area contributed by atoms with Gasteiger partial charge in [0.1, 0.15) is 0 Å². The van der Waals surface area contributed by atoms with Gasteiger partial charge in [0.05, 0.1) is 0 Å². The molecule has 1 aliphatic heterocycles. The fourth-order valence-corrected chi connectivity index (χ4v) is 3.35. The summed E-state index contributed by atoms with van der Waals surface area (Å²) >= 11 is 0. The van der Waals surface area contributed by atoms with E-state index in [1.165, 1.54) is 6.07 Å². The smallest absolute Gasteiger partial charge is 0.220 e. The van der Waals surface area contributed by atoms with Crippen LogP contribution in [0.2, 0.25) is 0 Å². The molecule has 0 radical (unpaired) electrons. The summed E-state index contributed by atoms with van der Waals surface area (Å²) in [7, 11) is 0. The van der Waals surface area contributed by atoms with Crippen molar-refractivity contribution < 1.29 is 13.6 Å². The van der Waals surface area contributed by atoms with Crippen LogP contribution in [0, 0.1) is 23.5 Å². The standard InChI is InChI=1S/C18H22F2N2O/c19-16-6-5-15(10-17(16)20)22-8-7-14(12-22)11-21-18(23)9-13-3-1-2-4-13/h1,3,5-6,10,13-14H,2,4,7-9,11-12H2,(H,21,23)/t13-,14-/m1/s1. The molecule has 0 spiro atoms. The zero-order valence-electron chi connectivity index (χ0n) is 13.1. The van der Waals surface area contributed by atoms with E-state index in [0.29, 0.717) is 30.5 Å². The first-order valence-corrected chi connectivity index (χ1v) is 8.25. The predicted molar refractivity (Wildman–Crippen MR) is 86.2 cm³/mol. The lowest BCUT2D eigenvalue weighted by atomic mass is 10.0. The van der Waals surface area contributed by atoms with Crippen LogP contribution < -0.4 is 10.2 Å². The molecular formula is C18H22F2N2O. The van der Waals surface area contributed by atoms with Crippen molar-refractivity contribution in [3.8, 4) is 0 Å². The summed E-state index contributed by atoms with van der Waals surface area (Å²) in [6, 6.07) is 4.00. The third-order valence-corrected chi connectivity index (χ3v) is 4.70. The number of anilines is 1. The highest BCUT2D eigenvalue weighted by Crippen LogP contribution is 2.25. The van der Waals surface area contributed by atoms with Crippen LogP contribution in [-0.4, -0.2) is 25.5 Å². The van der Waals surface area contributed by atoms with Gasteiger partial charge in [-0.05, 0) is 43.2 Å². The third kappa shape index (κ3) is 4.09. The second kappa shape index (κ2) is 7.11. The third-order valence-electron chi connectivity index (χ3n) is 4.70. The number of carbonyl (C=O) groups is 1. The van der Waals surface area contributed by atoms with Gasteiger partial charge in [0.2, 0.25) is 5.91 Å². The van der Waals surface area contributed by atoms with Crippen molar-refractivity contribution in [3.63, 3.8) is 0 Å². The highest BCUT2D eigenvalue weighted by Gasteiger charge is 2.24. The summed E-state index contributed by atoms with van der Waals surface area (Å²) in [6.45, 7) is 2.21. The molecule has 0 saturated carbocycles. The van der Waals surface area contributed by atoms with Crippen molar-refractivity contribution >= 4 is 11.6 Å². The Balaban J connectivity index is 1.45. The minimum absolute atomic E-state index is 0.104. The van der Waals surface area contributed by atoms with Crippen molar-refractivity contribution in [3.05, 3.63) is 42.0 Å². The molecule has 1 fully saturated rings. The second-order valence-electron chi connectivity index (χ2n) is 6.47. The van der Waals surface area contributed by atoms with Gasteiger partial charge < -0.3 is 10.2 Å². The summed E-state index contributed by atoms with van der Waals surface area (Å²) < 4.78 is 26.3. The molecule has 3 nitrogen and oxygen atoms in total. The molecule has 2 aliphatic rings. The Hall–Kier alpha value is -1.91. The van der Waals surface area contributed by atoms with Gasteiger partial charge in [0.25, 0.3) is 0 Å². The van der Waals surface area contributed by atoms with Gasteiger partial charge in [-0.25, -0.2) is 8.78 Å². The molecule has 0 aromatic heterocycles. The van der Waals surface area contributed by atoms with Crippen LogP contribution in [0.25, 0.3) is 0 Å². The molecule has 5 heteroatoms. The van der Waals surface area contributed by atoms with E-state index in [0.717, 1.165) is 38.4 Å². The first kappa shape index (κ1) is 16.0. The Labute approximate surface area is 135 Å². The quantitative estimate of drug-likeness (QED) is 0.845. The maximum absolute atomic E-state index is 13.3. The lowest BCUT2D eigenvalue weighted by Gasteiger charge is -2.19. The highest BCUT2D eigenvalue weighted by atomic mass is 19.2. The molecule has 1 aliphatic carbocycles. The Morgan fingerprint density at radius 1 is 1.26 bits per heavy atom. The van der Waals surface area contributed by atoms with Crippen LogP contribution >= 0.6 is 0 Å². The molecule has 1 N–H and O–H groups in total. The fraction of sp³-hybridized carbons (Fsp3) is 0.500. The molecule has 1 heterocycles. The molecule has 23 heavy (non-hydrogen) atoms. The fourth-order valence-electron chi connectivity index (χ4n) is 3.35. The molecular weight excluding hydrogens is 298 g/mol. The lowest BCUT2D eigenvalue weighted by molar-refractivity contribution is -0.121. The highest BCUT2D eigenvalue weighted by molar-refractivity contribution is 5.76. The molecule has 1 aromatic rings. The largest absolute Gasteiger partial charge is 0.371 e. The average Bonchev–Trinajstić information content (AvgIpc) is 3.19. The number of carbonyl (C=O) groups excluding carboxylic acids is 1. The van der Waals surface area contributed by atoms with E-state index in [4.69, 9.17) is 0 Å². The maximum atomic E-state index is 13.3. The average molecular weight is 320 g/mol.